The molecular weight excluding hydrogens is 254 g/mol. The first kappa shape index (κ1) is 15.2. The van der Waals surface area contributed by atoms with E-state index in [1.807, 2.05) is 0 Å². The second-order valence-corrected chi connectivity index (χ2v) is 4.97. The Bertz CT molecular complexity index is 387. The van der Waals surface area contributed by atoms with E-state index < -0.39 is 23.4 Å². The molecule has 1 saturated heterocycles. The number of aliphatic carboxylic acids is 1. The van der Waals surface area contributed by atoms with E-state index >= 15 is 0 Å². The number of likely N-dealkylation sites (tertiary alicyclic amines) is 1. The van der Waals surface area contributed by atoms with Crippen molar-refractivity contribution in [2.45, 2.75) is 25.9 Å². The number of aliphatic hydroxyl groups excluding tert-OH is 1. The van der Waals surface area contributed by atoms with Crippen LogP contribution in [0.1, 0.15) is 19.8 Å². The number of urea groups is 1. The van der Waals surface area contributed by atoms with Crippen molar-refractivity contribution >= 4 is 17.9 Å². The number of carboxylic acid groups (broad SMARTS) is 1. The summed E-state index contributed by atoms with van der Waals surface area (Å²) in [7, 11) is 0. The number of carboxylic acids is 1. The van der Waals surface area contributed by atoms with E-state index in [0.29, 0.717) is 13.0 Å². The SMILES string of the molecule is CC1(C(N)=O)CCN(C(=O)NCC[C@H](O)C(=O)O)C1. The molecule has 0 spiro atoms. The predicted octanol–water partition coefficient (Wildman–Crippen LogP) is -1.27. The molecule has 0 aromatic carbocycles. The molecule has 1 heterocycles. The molecule has 0 radical (unpaired) electrons. The predicted molar refractivity (Wildman–Crippen MR) is 65.1 cm³/mol. The number of primary amides is 1. The Hall–Kier alpha value is -1.83. The molecule has 0 aliphatic carbocycles. The lowest BCUT2D eigenvalue weighted by Crippen LogP contribution is -2.43. The highest BCUT2D eigenvalue weighted by Gasteiger charge is 2.40. The molecule has 2 atom stereocenters. The molecule has 1 aliphatic heterocycles. The number of carbonyl (C=O) groups is 3. The van der Waals surface area contributed by atoms with Crippen LogP contribution in [0.4, 0.5) is 4.79 Å². The Labute approximate surface area is 110 Å². The van der Waals surface area contributed by atoms with Crippen molar-refractivity contribution in [3.8, 4) is 0 Å². The zero-order valence-electron chi connectivity index (χ0n) is 10.8. The molecule has 8 nitrogen and oxygen atoms in total. The van der Waals surface area contributed by atoms with Gasteiger partial charge in [-0.25, -0.2) is 9.59 Å². The van der Waals surface area contributed by atoms with Gasteiger partial charge in [0, 0.05) is 26.1 Å². The van der Waals surface area contributed by atoms with Crippen LogP contribution in [0.2, 0.25) is 0 Å². The monoisotopic (exact) mass is 273 g/mol. The average Bonchev–Trinajstić information content (AvgIpc) is 2.73. The topological polar surface area (TPSA) is 133 Å². The fourth-order valence-corrected chi connectivity index (χ4v) is 1.89. The highest BCUT2D eigenvalue weighted by molar-refractivity contribution is 5.83. The third kappa shape index (κ3) is 3.82. The second-order valence-electron chi connectivity index (χ2n) is 4.97. The van der Waals surface area contributed by atoms with Gasteiger partial charge in [-0.15, -0.1) is 0 Å². The summed E-state index contributed by atoms with van der Waals surface area (Å²) < 4.78 is 0. The fraction of sp³-hybridized carbons (Fsp3) is 0.727. The van der Waals surface area contributed by atoms with Crippen molar-refractivity contribution in [1.82, 2.24) is 10.2 Å². The van der Waals surface area contributed by atoms with Crippen molar-refractivity contribution in [2.75, 3.05) is 19.6 Å². The molecule has 1 fully saturated rings. The summed E-state index contributed by atoms with van der Waals surface area (Å²) in [5.41, 5.74) is 4.56. The Morgan fingerprint density at radius 2 is 2.11 bits per heavy atom. The molecule has 19 heavy (non-hydrogen) atoms. The van der Waals surface area contributed by atoms with Crippen molar-refractivity contribution < 1.29 is 24.6 Å². The largest absolute Gasteiger partial charge is 0.479 e. The number of hydrogen-bond acceptors (Lipinski definition) is 4. The minimum Gasteiger partial charge on any atom is -0.479 e. The first-order valence-corrected chi connectivity index (χ1v) is 6.00. The third-order valence-corrected chi connectivity index (χ3v) is 3.33. The normalized spacial score (nSPS) is 24.0. The van der Waals surface area contributed by atoms with E-state index in [4.69, 9.17) is 15.9 Å². The lowest BCUT2D eigenvalue weighted by Gasteiger charge is -2.21. The van der Waals surface area contributed by atoms with Crippen LogP contribution in [0.3, 0.4) is 0 Å². The molecule has 1 unspecified atom stereocenters. The number of nitrogens with one attached hydrogen (secondary N) is 1. The van der Waals surface area contributed by atoms with Crippen LogP contribution in [0.15, 0.2) is 0 Å². The lowest BCUT2D eigenvalue weighted by molar-refractivity contribution is -0.146. The molecule has 0 bridgehead atoms. The average molecular weight is 273 g/mol. The van der Waals surface area contributed by atoms with E-state index in [0.717, 1.165) is 0 Å². The Morgan fingerprint density at radius 3 is 2.58 bits per heavy atom. The van der Waals surface area contributed by atoms with Gasteiger partial charge in [0.1, 0.15) is 0 Å². The molecule has 1 aliphatic rings. The molecule has 3 amide bonds. The van der Waals surface area contributed by atoms with Gasteiger partial charge >= 0.3 is 12.0 Å². The van der Waals surface area contributed by atoms with Crippen LogP contribution in [-0.2, 0) is 9.59 Å². The molecule has 5 N–H and O–H groups in total. The molecule has 1 rings (SSSR count). The maximum absolute atomic E-state index is 11.7. The molecule has 0 saturated carbocycles. The number of hydrogen-bond donors (Lipinski definition) is 4. The van der Waals surface area contributed by atoms with E-state index in [9.17, 15) is 14.4 Å². The summed E-state index contributed by atoms with van der Waals surface area (Å²) >= 11 is 0. The van der Waals surface area contributed by atoms with Gasteiger partial charge in [-0.2, -0.15) is 0 Å². The highest BCUT2D eigenvalue weighted by atomic mass is 16.4. The lowest BCUT2D eigenvalue weighted by atomic mass is 9.89. The molecule has 0 aromatic rings. The van der Waals surface area contributed by atoms with Crippen LogP contribution in [0, 0.1) is 5.41 Å². The van der Waals surface area contributed by atoms with Crippen LogP contribution in [0.25, 0.3) is 0 Å². The minimum atomic E-state index is -1.49. The van der Waals surface area contributed by atoms with E-state index in [1.54, 1.807) is 6.92 Å². The summed E-state index contributed by atoms with van der Waals surface area (Å²) in [6, 6.07) is -0.387. The number of nitrogens with zero attached hydrogens (tertiary/aromatic N) is 1. The van der Waals surface area contributed by atoms with Crippen LogP contribution < -0.4 is 11.1 Å². The van der Waals surface area contributed by atoms with Crippen molar-refractivity contribution in [2.24, 2.45) is 11.1 Å². The van der Waals surface area contributed by atoms with E-state index in [1.165, 1.54) is 4.90 Å². The van der Waals surface area contributed by atoms with E-state index in [-0.39, 0.29) is 25.5 Å². The van der Waals surface area contributed by atoms with Crippen molar-refractivity contribution in [1.29, 1.82) is 0 Å². The van der Waals surface area contributed by atoms with Gasteiger partial charge in [-0.1, -0.05) is 0 Å². The first-order valence-electron chi connectivity index (χ1n) is 6.00. The van der Waals surface area contributed by atoms with Gasteiger partial charge in [0.2, 0.25) is 5.91 Å². The number of aliphatic hydroxyl groups is 1. The number of rotatable bonds is 5. The summed E-state index contributed by atoms with van der Waals surface area (Å²) in [6.07, 6.45) is -1.05. The molecule has 0 aromatic heterocycles. The Kier molecular flexibility index (Phi) is 4.71. The summed E-state index contributed by atoms with van der Waals surface area (Å²) in [5.74, 6) is -1.76. The fourth-order valence-electron chi connectivity index (χ4n) is 1.89. The van der Waals surface area contributed by atoms with Crippen LogP contribution >= 0.6 is 0 Å². The molecular formula is C11H19N3O5. The van der Waals surface area contributed by atoms with Crippen molar-refractivity contribution in [3.63, 3.8) is 0 Å². The smallest absolute Gasteiger partial charge is 0.332 e. The van der Waals surface area contributed by atoms with Gasteiger partial charge in [0.15, 0.2) is 6.10 Å². The summed E-state index contributed by atoms with van der Waals surface area (Å²) in [5, 5.41) is 20.0. The number of carbonyl (C=O) groups excluding carboxylic acids is 2. The first-order chi connectivity index (χ1) is 8.76. The van der Waals surface area contributed by atoms with Crippen LogP contribution in [-0.4, -0.2) is 58.8 Å². The summed E-state index contributed by atoms with van der Waals surface area (Å²) in [4.78, 5) is 34.8. The van der Waals surface area contributed by atoms with Crippen LogP contribution in [0.5, 0.6) is 0 Å². The quantitative estimate of drug-likeness (QED) is 0.495. The maximum atomic E-state index is 11.7. The van der Waals surface area contributed by atoms with Gasteiger partial charge in [0.25, 0.3) is 0 Å². The zero-order valence-corrected chi connectivity index (χ0v) is 10.8. The standard InChI is InChI=1S/C11H19N3O5/c1-11(9(12)18)3-5-14(6-11)10(19)13-4-2-7(15)8(16)17/h7,15H,2-6H2,1H3,(H2,12,18)(H,13,19)(H,16,17)/t7-,11?/m0/s1. The van der Waals surface area contributed by atoms with Gasteiger partial charge < -0.3 is 26.2 Å². The van der Waals surface area contributed by atoms with E-state index in [2.05, 4.69) is 5.32 Å². The highest BCUT2D eigenvalue weighted by Crippen LogP contribution is 2.29. The Balaban J connectivity index is 2.36. The van der Waals surface area contributed by atoms with Gasteiger partial charge in [-0.05, 0) is 13.3 Å². The van der Waals surface area contributed by atoms with Crippen molar-refractivity contribution in [3.05, 3.63) is 0 Å². The zero-order chi connectivity index (χ0) is 14.6. The number of amides is 3. The maximum Gasteiger partial charge on any atom is 0.332 e. The van der Waals surface area contributed by atoms with Gasteiger partial charge in [-0.3, -0.25) is 4.79 Å². The second kappa shape index (κ2) is 5.87. The Morgan fingerprint density at radius 1 is 1.47 bits per heavy atom. The van der Waals surface area contributed by atoms with Gasteiger partial charge in [0.05, 0.1) is 5.41 Å². The molecule has 108 valence electrons. The minimum absolute atomic E-state index is 0.0517. The number of nitrogens with two attached hydrogens (primary N) is 1. The summed E-state index contributed by atoms with van der Waals surface area (Å²) in [6.45, 7) is 2.43. The molecule has 8 heteroatoms. The third-order valence-electron chi connectivity index (χ3n) is 3.33.